The fraction of sp³-hybridized carbons (Fsp3) is 0.500. The van der Waals surface area contributed by atoms with Crippen molar-refractivity contribution in [3.05, 3.63) is 29.8 Å². The topological polar surface area (TPSA) is 81.4 Å². The maximum absolute atomic E-state index is 10.7. The van der Waals surface area contributed by atoms with Crippen molar-refractivity contribution in [1.82, 2.24) is 5.32 Å². The largest absolute Gasteiger partial charge is 0.494 e. The van der Waals surface area contributed by atoms with Crippen LogP contribution in [0, 0.1) is 0 Å². The predicted molar refractivity (Wildman–Crippen MR) is 71.9 cm³/mol. The number of nitrogens with one attached hydrogen (secondary N) is 1. The molecule has 3 N–H and O–H groups in total. The van der Waals surface area contributed by atoms with Crippen molar-refractivity contribution in [2.24, 2.45) is 5.14 Å². The average Bonchev–Trinajstić information content (AvgIpc) is 2.29. The number of rotatable bonds is 8. The highest BCUT2D eigenvalue weighted by Crippen LogP contribution is 2.17. The van der Waals surface area contributed by atoms with E-state index in [9.17, 15) is 8.42 Å². The lowest BCUT2D eigenvalue weighted by molar-refractivity contribution is 0.335. The first kappa shape index (κ1) is 14.9. The zero-order valence-corrected chi connectivity index (χ0v) is 11.4. The minimum absolute atomic E-state index is 0.00705. The summed E-state index contributed by atoms with van der Waals surface area (Å²) in [6.45, 7) is 3.83. The molecular formula is C12H20N2O3S. The number of nitrogens with two attached hydrogens (primary N) is 1. The first-order valence-electron chi connectivity index (χ1n) is 5.95. The molecule has 0 unspecified atom stereocenters. The number of benzene rings is 1. The molecule has 102 valence electrons. The van der Waals surface area contributed by atoms with E-state index in [4.69, 9.17) is 9.88 Å². The van der Waals surface area contributed by atoms with Crippen LogP contribution < -0.4 is 15.2 Å². The van der Waals surface area contributed by atoms with Crippen LogP contribution in [0.1, 0.15) is 18.9 Å². The number of sulfonamides is 1. The molecule has 0 aliphatic rings. The van der Waals surface area contributed by atoms with Crippen molar-refractivity contribution in [2.75, 3.05) is 18.9 Å². The quantitative estimate of drug-likeness (QED) is 0.688. The summed E-state index contributed by atoms with van der Waals surface area (Å²) in [4.78, 5) is 0. The molecule has 0 fully saturated rings. The van der Waals surface area contributed by atoms with Crippen molar-refractivity contribution in [1.29, 1.82) is 0 Å². The Hall–Kier alpha value is -1.11. The molecule has 1 aromatic rings. The highest BCUT2D eigenvalue weighted by Gasteiger charge is 2.03. The smallest absolute Gasteiger partial charge is 0.209 e. The summed E-state index contributed by atoms with van der Waals surface area (Å²) in [7, 11) is -3.35. The summed E-state index contributed by atoms with van der Waals surface area (Å²) in [6.07, 6.45) is 0.510. The van der Waals surface area contributed by atoms with Gasteiger partial charge in [-0.15, -0.1) is 0 Å². The van der Waals surface area contributed by atoms with E-state index in [0.717, 1.165) is 11.3 Å². The lowest BCUT2D eigenvalue weighted by Gasteiger charge is -2.10. The highest BCUT2D eigenvalue weighted by atomic mass is 32.2. The Balaban J connectivity index is 2.35. The molecule has 6 heteroatoms. The van der Waals surface area contributed by atoms with Crippen LogP contribution >= 0.6 is 0 Å². The minimum Gasteiger partial charge on any atom is -0.494 e. The van der Waals surface area contributed by atoms with Crippen molar-refractivity contribution < 1.29 is 13.2 Å². The SMILES string of the molecule is CCOc1ccccc1CNCCCS(N)(=O)=O. The molecule has 0 saturated carbocycles. The van der Waals surface area contributed by atoms with Crippen molar-refractivity contribution >= 4 is 10.0 Å². The van der Waals surface area contributed by atoms with E-state index in [1.807, 2.05) is 31.2 Å². The second kappa shape index (κ2) is 7.35. The number of primary sulfonamides is 1. The molecule has 0 aliphatic heterocycles. The van der Waals surface area contributed by atoms with Gasteiger partial charge in [0.25, 0.3) is 0 Å². The zero-order valence-electron chi connectivity index (χ0n) is 10.6. The molecule has 5 nitrogen and oxygen atoms in total. The summed E-state index contributed by atoms with van der Waals surface area (Å²) in [5.41, 5.74) is 1.06. The molecule has 0 amide bonds. The zero-order chi connectivity index (χ0) is 13.4. The van der Waals surface area contributed by atoms with Gasteiger partial charge in [-0.05, 0) is 26.0 Å². The van der Waals surface area contributed by atoms with Gasteiger partial charge in [0.2, 0.25) is 10.0 Å². The van der Waals surface area contributed by atoms with Gasteiger partial charge in [-0.25, -0.2) is 13.6 Å². The Kier molecular flexibility index (Phi) is 6.11. The van der Waals surface area contributed by atoms with Crippen LogP contribution in [0.4, 0.5) is 0 Å². The Labute approximate surface area is 108 Å². The average molecular weight is 272 g/mol. The standard InChI is InChI=1S/C12H20N2O3S/c1-2-17-12-7-4-3-6-11(12)10-14-8-5-9-18(13,15)16/h3-4,6-7,14H,2,5,8-10H2,1H3,(H2,13,15,16). The normalized spacial score (nSPS) is 11.4. The molecule has 1 aromatic carbocycles. The number of ether oxygens (including phenoxy) is 1. The monoisotopic (exact) mass is 272 g/mol. The van der Waals surface area contributed by atoms with Gasteiger partial charge in [-0.1, -0.05) is 18.2 Å². The van der Waals surface area contributed by atoms with Crippen LogP contribution in [0.15, 0.2) is 24.3 Å². The van der Waals surface area contributed by atoms with E-state index in [-0.39, 0.29) is 5.75 Å². The highest BCUT2D eigenvalue weighted by molar-refractivity contribution is 7.89. The van der Waals surface area contributed by atoms with E-state index in [2.05, 4.69) is 5.32 Å². The van der Waals surface area contributed by atoms with Gasteiger partial charge in [0.05, 0.1) is 12.4 Å². The van der Waals surface area contributed by atoms with Crippen LogP contribution in [0.2, 0.25) is 0 Å². The van der Waals surface area contributed by atoms with Gasteiger partial charge in [0, 0.05) is 12.1 Å². The summed E-state index contributed by atoms with van der Waals surface area (Å²) in [6, 6.07) is 7.78. The van der Waals surface area contributed by atoms with E-state index in [1.54, 1.807) is 0 Å². The van der Waals surface area contributed by atoms with Crippen LogP contribution in [0.3, 0.4) is 0 Å². The van der Waals surface area contributed by atoms with E-state index < -0.39 is 10.0 Å². The molecule has 0 radical (unpaired) electrons. The maximum Gasteiger partial charge on any atom is 0.209 e. The molecule has 0 bridgehead atoms. The van der Waals surface area contributed by atoms with Gasteiger partial charge in [0.1, 0.15) is 5.75 Å². The third kappa shape index (κ3) is 6.00. The molecule has 0 atom stereocenters. The number of hydrogen-bond acceptors (Lipinski definition) is 4. The lowest BCUT2D eigenvalue weighted by atomic mass is 10.2. The Morgan fingerprint density at radius 3 is 2.72 bits per heavy atom. The van der Waals surface area contributed by atoms with Gasteiger partial charge in [-0.3, -0.25) is 0 Å². The van der Waals surface area contributed by atoms with Gasteiger partial charge < -0.3 is 10.1 Å². The second-order valence-electron chi connectivity index (χ2n) is 3.94. The van der Waals surface area contributed by atoms with Crippen molar-refractivity contribution in [3.8, 4) is 5.75 Å². The van der Waals surface area contributed by atoms with Crippen LogP contribution in [0.5, 0.6) is 5.75 Å². The molecule has 0 heterocycles. The summed E-state index contributed by atoms with van der Waals surface area (Å²) >= 11 is 0. The van der Waals surface area contributed by atoms with Crippen molar-refractivity contribution in [3.63, 3.8) is 0 Å². The minimum atomic E-state index is -3.35. The third-order valence-electron chi connectivity index (χ3n) is 2.37. The molecular weight excluding hydrogens is 252 g/mol. The molecule has 0 spiro atoms. The Morgan fingerprint density at radius 1 is 1.33 bits per heavy atom. The second-order valence-corrected chi connectivity index (χ2v) is 5.67. The predicted octanol–water partition coefficient (Wildman–Crippen LogP) is 0.854. The van der Waals surface area contributed by atoms with Crippen LogP contribution in [-0.2, 0) is 16.6 Å². The van der Waals surface area contributed by atoms with Gasteiger partial charge in [0.15, 0.2) is 0 Å². The maximum atomic E-state index is 10.7. The molecule has 1 rings (SSSR count). The summed E-state index contributed by atoms with van der Waals surface area (Å²) in [5.74, 6) is 0.867. The number of para-hydroxylation sites is 1. The number of hydrogen-bond donors (Lipinski definition) is 2. The van der Waals surface area contributed by atoms with Crippen molar-refractivity contribution in [2.45, 2.75) is 19.9 Å². The third-order valence-corrected chi connectivity index (χ3v) is 3.23. The van der Waals surface area contributed by atoms with E-state index in [1.165, 1.54) is 0 Å². The Morgan fingerprint density at radius 2 is 2.06 bits per heavy atom. The molecule has 0 aliphatic carbocycles. The summed E-state index contributed by atoms with van der Waals surface area (Å²) in [5, 5.41) is 8.09. The Bertz CT molecular complexity index is 460. The first-order valence-corrected chi connectivity index (χ1v) is 7.66. The first-order chi connectivity index (χ1) is 8.53. The van der Waals surface area contributed by atoms with Gasteiger partial charge in [-0.2, -0.15) is 0 Å². The summed E-state index contributed by atoms with van der Waals surface area (Å²) < 4.78 is 27.0. The fourth-order valence-electron chi connectivity index (χ4n) is 1.57. The van der Waals surface area contributed by atoms with Crippen LogP contribution in [-0.4, -0.2) is 27.3 Å². The fourth-order valence-corrected chi connectivity index (χ4v) is 2.11. The lowest BCUT2D eigenvalue weighted by Crippen LogP contribution is -2.22. The van der Waals surface area contributed by atoms with E-state index >= 15 is 0 Å². The molecule has 18 heavy (non-hydrogen) atoms. The van der Waals surface area contributed by atoms with E-state index in [0.29, 0.717) is 26.1 Å². The van der Waals surface area contributed by atoms with Crippen LogP contribution in [0.25, 0.3) is 0 Å². The molecule has 0 saturated heterocycles. The molecule has 0 aromatic heterocycles. The van der Waals surface area contributed by atoms with Gasteiger partial charge >= 0.3 is 0 Å².